The van der Waals surface area contributed by atoms with Crippen molar-refractivity contribution in [3.63, 3.8) is 0 Å². The average Bonchev–Trinajstić information content (AvgIpc) is 3.24. The number of hydrogen-bond donors (Lipinski definition) is 0. The van der Waals surface area contributed by atoms with Crippen molar-refractivity contribution < 1.29 is 28.6 Å². The molecule has 0 radical (unpaired) electrons. The summed E-state index contributed by atoms with van der Waals surface area (Å²) in [5, 5.41) is 0. The molecule has 362 valence electrons. The summed E-state index contributed by atoms with van der Waals surface area (Å²) in [4.78, 5) is 37.9. The minimum absolute atomic E-state index is 0.0624. The molecule has 0 rings (SSSR count). The summed E-state index contributed by atoms with van der Waals surface area (Å²) in [6.45, 7) is 9.04. The lowest BCUT2D eigenvalue weighted by Gasteiger charge is -2.18. The first kappa shape index (κ1) is 59.4. The second-order valence-corrected chi connectivity index (χ2v) is 19.3. The van der Waals surface area contributed by atoms with E-state index >= 15 is 0 Å². The molecular weight excluding hydrogens is 757 g/mol. The number of carbonyl (C=O) groups excluding carboxylic acids is 3. The van der Waals surface area contributed by atoms with Crippen LogP contribution in [0.5, 0.6) is 0 Å². The summed E-state index contributed by atoms with van der Waals surface area (Å²) in [5.41, 5.74) is 0. The fourth-order valence-corrected chi connectivity index (χ4v) is 8.39. The maximum atomic E-state index is 12.8. The van der Waals surface area contributed by atoms with Gasteiger partial charge in [0.15, 0.2) is 6.10 Å². The zero-order valence-electron chi connectivity index (χ0n) is 41.6. The van der Waals surface area contributed by atoms with Crippen molar-refractivity contribution in [2.24, 2.45) is 5.92 Å². The Morgan fingerprint density at radius 1 is 0.311 bits per heavy atom. The van der Waals surface area contributed by atoms with E-state index in [0.717, 1.165) is 63.7 Å². The molecule has 1 atom stereocenters. The lowest BCUT2D eigenvalue weighted by molar-refractivity contribution is -0.167. The minimum Gasteiger partial charge on any atom is -0.462 e. The van der Waals surface area contributed by atoms with Crippen molar-refractivity contribution >= 4 is 17.9 Å². The molecule has 6 heteroatoms. The molecule has 0 saturated heterocycles. The fourth-order valence-electron chi connectivity index (χ4n) is 8.39. The molecule has 0 aromatic rings. The molecule has 0 amide bonds. The first-order valence-electron chi connectivity index (χ1n) is 27.4. The number of carbonyl (C=O) groups is 3. The molecule has 0 fully saturated rings. The minimum atomic E-state index is -0.760. The van der Waals surface area contributed by atoms with Crippen LogP contribution in [0.4, 0.5) is 0 Å². The van der Waals surface area contributed by atoms with Crippen LogP contribution in [0.1, 0.15) is 310 Å². The van der Waals surface area contributed by atoms with Gasteiger partial charge in [0.2, 0.25) is 0 Å². The van der Waals surface area contributed by atoms with Crippen molar-refractivity contribution in [2.45, 2.75) is 316 Å². The van der Waals surface area contributed by atoms with E-state index < -0.39 is 6.10 Å². The highest BCUT2D eigenvalue weighted by molar-refractivity contribution is 5.71. The van der Waals surface area contributed by atoms with Gasteiger partial charge in [0.1, 0.15) is 13.2 Å². The zero-order chi connectivity index (χ0) is 44.5. The van der Waals surface area contributed by atoms with Gasteiger partial charge in [-0.25, -0.2) is 0 Å². The van der Waals surface area contributed by atoms with E-state index in [9.17, 15) is 14.4 Å². The first-order valence-corrected chi connectivity index (χ1v) is 27.4. The highest BCUT2D eigenvalue weighted by atomic mass is 16.6. The van der Waals surface area contributed by atoms with Gasteiger partial charge in [-0.1, -0.05) is 272 Å². The molecule has 6 nitrogen and oxygen atoms in total. The Morgan fingerprint density at radius 2 is 0.541 bits per heavy atom. The van der Waals surface area contributed by atoms with E-state index in [1.807, 2.05) is 0 Å². The van der Waals surface area contributed by atoms with Crippen LogP contribution >= 0.6 is 0 Å². The van der Waals surface area contributed by atoms with Crippen LogP contribution in [0.15, 0.2) is 0 Å². The van der Waals surface area contributed by atoms with Gasteiger partial charge in [0, 0.05) is 19.3 Å². The fraction of sp³-hybridized carbons (Fsp3) is 0.945. The number of esters is 3. The van der Waals surface area contributed by atoms with Crippen molar-refractivity contribution in [1.82, 2.24) is 0 Å². The Hall–Kier alpha value is -1.59. The van der Waals surface area contributed by atoms with E-state index in [1.165, 1.54) is 205 Å². The highest BCUT2D eigenvalue weighted by Crippen LogP contribution is 2.18. The normalized spacial score (nSPS) is 12.0. The van der Waals surface area contributed by atoms with Crippen LogP contribution in [0.2, 0.25) is 0 Å². The molecule has 0 aliphatic heterocycles. The van der Waals surface area contributed by atoms with E-state index in [1.54, 1.807) is 0 Å². The van der Waals surface area contributed by atoms with Gasteiger partial charge in [0.25, 0.3) is 0 Å². The summed E-state index contributed by atoms with van der Waals surface area (Å²) in [7, 11) is 0. The van der Waals surface area contributed by atoms with Gasteiger partial charge in [-0.15, -0.1) is 0 Å². The largest absolute Gasteiger partial charge is 0.462 e. The third kappa shape index (κ3) is 49.3. The first-order chi connectivity index (χ1) is 29.9. The van der Waals surface area contributed by atoms with E-state index in [0.29, 0.717) is 19.3 Å². The maximum Gasteiger partial charge on any atom is 0.306 e. The molecule has 0 bridgehead atoms. The zero-order valence-corrected chi connectivity index (χ0v) is 41.6. The summed E-state index contributed by atoms with van der Waals surface area (Å²) in [5.74, 6) is 0.0161. The highest BCUT2D eigenvalue weighted by Gasteiger charge is 2.19. The summed E-state index contributed by atoms with van der Waals surface area (Å²) in [6.07, 6.45) is 52.4. The van der Waals surface area contributed by atoms with E-state index in [4.69, 9.17) is 14.2 Å². The number of rotatable bonds is 50. The summed E-state index contributed by atoms with van der Waals surface area (Å²) >= 11 is 0. The average molecular weight is 863 g/mol. The smallest absolute Gasteiger partial charge is 0.306 e. The van der Waals surface area contributed by atoms with Gasteiger partial charge in [0.05, 0.1) is 0 Å². The quantitative estimate of drug-likeness (QED) is 0.0344. The molecule has 0 aromatic carbocycles. The van der Waals surface area contributed by atoms with Gasteiger partial charge in [-0.2, -0.15) is 0 Å². The van der Waals surface area contributed by atoms with Crippen molar-refractivity contribution in [3.8, 4) is 0 Å². The lowest BCUT2D eigenvalue weighted by Crippen LogP contribution is -2.30. The summed E-state index contributed by atoms with van der Waals surface area (Å²) in [6, 6.07) is 0. The molecule has 61 heavy (non-hydrogen) atoms. The predicted molar refractivity (Wildman–Crippen MR) is 261 cm³/mol. The maximum absolute atomic E-state index is 12.8. The van der Waals surface area contributed by atoms with Crippen LogP contribution in [0, 0.1) is 5.92 Å². The topological polar surface area (TPSA) is 78.9 Å². The Morgan fingerprint density at radius 3 is 0.803 bits per heavy atom. The van der Waals surface area contributed by atoms with E-state index in [-0.39, 0.29) is 31.1 Å². The van der Waals surface area contributed by atoms with Crippen molar-refractivity contribution in [3.05, 3.63) is 0 Å². The second-order valence-electron chi connectivity index (χ2n) is 19.3. The third-order valence-corrected chi connectivity index (χ3v) is 12.5. The molecule has 0 spiro atoms. The molecule has 0 aromatic heterocycles. The predicted octanol–water partition coefficient (Wildman–Crippen LogP) is 17.8. The van der Waals surface area contributed by atoms with Gasteiger partial charge < -0.3 is 14.2 Å². The van der Waals surface area contributed by atoms with Crippen LogP contribution in [-0.2, 0) is 28.6 Å². The van der Waals surface area contributed by atoms with E-state index in [2.05, 4.69) is 27.7 Å². The van der Waals surface area contributed by atoms with Crippen LogP contribution in [0.25, 0.3) is 0 Å². The van der Waals surface area contributed by atoms with Crippen molar-refractivity contribution in [1.29, 1.82) is 0 Å². The molecule has 0 N–H and O–H groups in total. The SMILES string of the molecule is CCCCCCCCCCCCCCC(=O)OC[C@H](COC(=O)CCCCCCCCCCCC)OC(=O)CCCCCCCCCCCCCCCCCCCCC(C)C. The molecule has 0 heterocycles. The monoisotopic (exact) mass is 863 g/mol. The summed E-state index contributed by atoms with van der Waals surface area (Å²) < 4.78 is 16.8. The lowest BCUT2D eigenvalue weighted by atomic mass is 10.0. The van der Waals surface area contributed by atoms with Crippen LogP contribution < -0.4 is 0 Å². The number of unbranched alkanes of at least 4 members (excludes halogenated alkanes) is 37. The molecule has 0 aliphatic carbocycles. The van der Waals surface area contributed by atoms with Gasteiger partial charge in [-0.3, -0.25) is 14.4 Å². The van der Waals surface area contributed by atoms with Gasteiger partial charge >= 0.3 is 17.9 Å². The Kier molecular flexibility index (Phi) is 48.1. The molecule has 0 unspecified atom stereocenters. The van der Waals surface area contributed by atoms with Crippen molar-refractivity contribution in [2.75, 3.05) is 13.2 Å². The van der Waals surface area contributed by atoms with Gasteiger partial charge in [-0.05, 0) is 25.2 Å². The Labute approximate surface area is 380 Å². The molecule has 0 saturated carbocycles. The Bertz CT molecular complexity index is 918. The second kappa shape index (κ2) is 49.4. The molecule has 0 aliphatic rings. The number of hydrogen-bond acceptors (Lipinski definition) is 6. The molecular formula is C55H106O6. The Balaban J connectivity index is 4.21. The van der Waals surface area contributed by atoms with Crippen LogP contribution in [-0.4, -0.2) is 37.2 Å². The number of ether oxygens (including phenoxy) is 3. The standard InChI is InChI=1S/C55H106O6/c1-5-7-9-11-13-15-17-27-31-35-39-43-47-54(57)60-50-52(49-59-53(56)46-42-38-34-30-16-14-12-10-8-6-2)61-55(58)48-44-40-36-32-28-25-23-21-19-18-20-22-24-26-29-33-37-41-45-51(3)4/h51-52H,5-50H2,1-4H3/t52-/m0/s1. The third-order valence-electron chi connectivity index (χ3n) is 12.5. The van der Waals surface area contributed by atoms with Crippen LogP contribution in [0.3, 0.4) is 0 Å².